The summed E-state index contributed by atoms with van der Waals surface area (Å²) in [6.45, 7) is 0. The molecule has 0 radical (unpaired) electrons. The first-order valence-corrected chi connectivity index (χ1v) is 7.95. The van der Waals surface area contributed by atoms with Crippen LogP contribution in [0.5, 0.6) is 0 Å². The quantitative estimate of drug-likeness (QED) is 0.732. The maximum absolute atomic E-state index is 12.8. The minimum atomic E-state index is -4.48. The van der Waals surface area contributed by atoms with E-state index in [1.54, 1.807) is 11.9 Å². The van der Waals surface area contributed by atoms with Crippen LogP contribution in [-0.4, -0.2) is 22.9 Å². The fourth-order valence-corrected chi connectivity index (χ4v) is 2.37. The van der Waals surface area contributed by atoms with Crippen molar-refractivity contribution in [2.75, 3.05) is 17.3 Å². The van der Waals surface area contributed by atoms with Crippen LogP contribution >= 0.6 is 0 Å². The summed E-state index contributed by atoms with van der Waals surface area (Å²) >= 11 is 0. The molecule has 3 aromatic rings. The Kier molecular flexibility index (Phi) is 5.07. The van der Waals surface area contributed by atoms with Gasteiger partial charge in [0, 0.05) is 24.6 Å². The highest BCUT2D eigenvalue weighted by atomic mass is 19.4. The normalized spacial score (nSPS) is 11.1. The maximum Gasteiger partial charge on any atom is 0.416 e. The van der Waals surface area contributed by atoms with Gasteiger partial charge in [0.2, 0.25) is 5.95 Å². The van der Waals surface area contributed by atoms with Gasteiger partial charge in [0.25, 0.3) is 5.91 Å². The first kappa shape index (κ1) is 18.4. The Balaban J connectivity index is 1.80. The molecule has 0 atom stereocenters. The molecule has 0 unspecified atom stereocenters. The third-order valence-corrected chi connectivity index (χ3v) is 3.77. The number of anilines is 3. The number of nitrogens with one attached hydrogen (secondary N) is 1. The summed E-state index contributed by atoms with van der Waals surface area (Å²) in [5, 5.41) is 2.43. The molecule has 0 spiro atoms. The Morgan fingerprint density at radius 3 is 2.48 bits per heavy atom. The predicted octanol–water partition coefficient (Wildman–Crippen LogP) is 4.52. The van der Waals surface area contributed by atoms with Crippen LogP contribution in [0.15, 0.2) is 66.9 Å². The van der Waals surface area contributed by atoms with E-state index in [0.29, 0.717) is 0 Å². The minimum absolute atomic E-state index is 0.0337. The Labute approximate surface area is 153 Å². The van der Waals surface area contributed by atoms with Gasteiger partial charge in [0.15, 0.2) is 0 Å². The van der Waals surface area contributed by atoms with Gasteiger partial charge < -0.3 is 10.2 Å². The van der Waals surface area contributed by atoms with Gasteiger partial charge in [-0.1, -0.05) is 24.3 Å². The number of rotatable bonds is 4. The number of carbonyl (C=O) groups is 1. The molecule has 1 amide bonds. The van der Waals surface area contributed by atoms with E-state index in [1.165, 1.54) is 24.4 Å². The van der Waals surface area contributed by atoms with Crippen LogP contribution in [0.1, 0.15) is 16.1 Å². The number of benzene rings is 2. The standard InChI is InChI=1S/C19H15F3N4O/c1-26(15-8-3-2-4-9-15)18-23-11-10-16(25-18)17(27)24-14-7-5-6-13(12-14)19(20,21)22/h2-12H,1H3,(H,24,27). The molecular formula is C19H15F3N4O. The number of amides is 1. The molecule has 0 saturated heterocycles. The number of hydrogen-bond acceptors (Lipinski definition) is 4. The molecule has 5 nitrogen and oxygen atoms in total. The number of carbonyl (C=O) groups excluding carboxylic acids is 1. The van der Waals surface area contributed by atoms with Crippen molar-refractivity contribution < 1.29 is 18.0 Å². The fourth-order valence-electron chi connectivity index (χ4n) is 2.37. The molecule has 0 aliphatic rings. The second kappa shape index (κ2) is 7.45. The summed E-state index contributed by atoms with van der Waals surface area (Å²) < 4.78 is 38.4. The second-order valence-corrected chi connectivity index (χ2v) is 5.67. The zero-order valence-electron chi connectivity index (χ0n) is 14.2. The molecule has 0 fully saturated rings. The monoisotopic (exact) mass is 372 g/mol. The van der Waals surface area contributed by atoms with E-state index >= 15 is 0 Å². The first-order valence-electron chi connectivity index (χ1n) is 7.95. The van der Waals surface area contributed by atoms with Gasteiger partial charge in [-0.05, 0) is 36.4 Å². The summed E-state index contributed by atoms with van der Waals surface area (Å²) in [5.41, 5.74) is 0.0621. The lowest BCUT2D eigenvalue weighted by Gasteiger charge is -2.17. The van der Waals surface area contributed by atoms with Gasteiger partial charge in [-0.2, -0.15) is 13.2 Å². The molecule has 3 rings (SSSR count). The summed E-state index contributed by atoms with van der Waals surface area (Å²) in [5.74, 6) is -0.336. The second-order valence-electron chi connectivity index (χ2n) is 5.67. The van der Waals surface area contributed by atoms with Crippen molar-refractivity contribution in [2.24, 2.45) is 0 Å². The number of alkyl halides is 3. The predicted molar refractivity (Wildman–Crippen MR) is 95.9 cm³/mol. The zero-order valence-corrected chi connectivity index (χ0v) is 14.2. The highest BCUT2D eigenvalue weighted by molar-refractivity contribution is 6.03. The summed E-state index contributed by atoms with van der Waals surface area (Å²) in [4.78, 5) is 22.4. The Hall–Kier alpha value is -3.42. The van der Waals surface area contributed by atoms with E-state index in [0.717, 1.165) is 17.8 Å². The van der Waals surface area contributed by atoms with Crippen LogP contribution in [0, 0.1) is 0 Å². The SMILES string of the molecule is CN(c1ccccc1)c1nccc(C(=O)Nc2cccc(C(F)(F)F)c2)n1. The van der Waals surface area contributed by atoms with Crippen molar-refractivity contribution >= 4 is 23.2 Å². The smallest absolute Gasteiger partial charge is 0.321 e. The van der Waals surface area contributed by atoms with Crippen molar-refractivity contribution in [3.05, 3.63) is 78.1 Å². The van der Waals surface area contributed by atoms with Gasteiger partial charge in [0.05, 0.1) is 5.56 Å². The van der Waals surface area contributed by atoms with Crippen LogP contribution in [0.3, 0.4) is 0 Å². The van der Waals surface area contributed by atoms with E-state index in [-0.39, 0.29) is 17.3 Å². The lowest BCUT2D eigenvalue weighted by atomic mass is 10.2. The summed E-state index contributed by atoms with van der Waals surface area (Å²) in [6, 6.07) is 15.1. The number of halogens is 3. The molecule has 1 N–H and O–H groups in total. The topological polar surface area (TPSA) is 58.1 Å². The first-order chi connectivity index (χ1) is 12.8. The highest BCUT2D eigenvalue weighted by Gasteiger charge is 2.30. The van der Waals surface area contributed by atoms with E-state index < -0.39 is 17.6 Å². The fraction of sp³-hybridized carbons (Fsp3) is 0.105. The van der Waals surface area contributed by atoms with Gasteiger partial charge in [0.1, 0.15) is 5.69 Å². The molecule has 2 aromatic carbocycles. The lowest BCUT2D eigenvalue weighted by Crippen LogP contribution is -2.18. The van der Waals surface area contributed by atoms with Crippen LogP contribution in [0.25, 0.3) is 0 Å². The molecule has 1 aromatic heterocycles. The molecular weight excluding hydrogens is 357 g/mol. The third-order valence-electron chi connectivity index (χ3n) is 3.77. The third kappa shape index (κ3) is 4.41. The van der Waals surface area contributed by atoms with Crippen molar-refractivity contribution in [1.82, 2.24) is 9.97 Å². The average molecular weight is 372 g/mol. The van der Waals surface area contributed by atoms with Crippen LogP contribution in [-0.2, 0) is 6.18 Å². The van der Waals surface area contributed by atoms with Gasteiger partial charge >= 0.3 is 6.18 Å². The lowest BCUT2D eigenvalue weighted by molar-refractivity contribution is -0.137. The van der Waals surface area contributed by atoms with Crippen LogP contribution < -0.4 is 10.2 Å². The van der Waals surface area contributed by atoms with Crippen molar-refractivity contribution in [1.29, 1.82) is 0 Å². The maximum atomic E-state index is 12.8. The van der Waals surface area contributed by atoms with Gasteiger partial charge in [-0.15, -0.1) is 0 Å². The molecule has 27 heavy (non-hydrogen) atoms. The van der Waals surface area contributed by atoms with Crippen molar-refractivity contribution in [2.45, 2.75) is 6.18 Å². The molecule has 1 heterocycles. The van der Waals surface area contributed by atoms with E-state index in [1.807, 2.05) is 30.3 Å². The van der Waals surface area contributed by atoms with E-state index in [4.69, 9.17) is 0 Å². The molecule has 0 aliphatic carbocycles. The summed E-state index contributed by atoms with van der Waals surface area (Å²) in [6.07, 6.45) is -3.07. The number of para-hydroxylation sites is 1. The Morgan fingerprint density at radius 2 is 1.78 bits per heavy atom. The Morgan fingerprint density at radius 1 is 1.04 bits per heavy atom. The summed E-state index contributed by atoms with van der Waals surface area (Å²) in [7, 11) is 1.75. The number of aromatic nitrogens is 2. The molecule has 0 saturated carbocycles. The van der Waals surface area contributed by atoms with E-state index in [9.17, 15) is 18.0 Å². The largest absolute Gasteiger partial charge is 0.416 e. The minimum Gasteiger partial charge on any atom is -0.321 e. The van der Waals surface area contributed by atoms with Crippen LogP contribution in [0.4, 0.5) is 30.5 Å². The number of nitrogens with zero attached hydrogens (tertiary/aromatic N) is 3. The number of hydrogen-bond donors (Lipinski definition) is 1. The van der Waals surface area contributed by atoms with Crippen LogP contribution in [0.2, 0.25) is 0 Å². The van der Waals surface area contributed by atoms with Gasteiger partial charge in [-0.3, -0.25) is 4.79 Å². The van der Waals surface area contributed by atoms with Crippen molar-refractivity contribution in [3.8, 4) is 0 Å². The van der Waals surface area contributed by atoms with Crippen molar-refractivity contribution in [3.63, 3.8) is 0 Å². The Bertz CT molecular complexity index is 945. The molecule has 138 valence electrons. The highest BCUT2D eigenvalue weighted by Crippen LogP contribution is 2.30. The van der Waals surface area contributed by atoms with Gasteiger partial charge in [-0.25, -0.2) is 9.97 Å². The van der Waals surface area contributed by atoms with E-state index in [2.05, 4.69) is 15.3 Å². The molecule has 8 heteroatoms. The molecule has 0 bridgehead atoms. The average Bonchev–Trinajstić information content (AvgIpc) is 2.68. The zero-order chi connectivity index (χ0) is 19.4. The molecule has 0 aliphatic heterocycles.